The van der Waals surface area contributed by atoms with Gasteiger partial charge in [0.05, 0.1) is 18.2 Å². The van der Waals surface area contributed by atoms with E-state index in [1.54, 1.807) is 40.0 Å². The Labute approximate surface area is 165 Å². The van der Waals surface area contributed by atoms with Gasteiger partial charge in [0.1, 0.15) is 5.75 Å². The van der Waals surface area contributed by atoms with Crippen molar-refractivity contribution in [3.8, 4) is 5.75 Å². The summed E-state index contributed by atoms with van der Waals surface area (Å²) in [4.78, 5) is 26.9. The van der Waals surface area contributed by atoms with E-state index < -0.39 is 0 Å². The van der Waals surface area contributed by atoms with Crippen molar-refractivity contribution in [1.82, 2.24) is 14.7 Å². The molecule has 0 bridgehead atoms. The minimum absolute atomic E-state index is 0.0285. The van der Waals surface area contributed by atoms with E-state index in [4.69, 9.17) is 9.47 Å². The minimum Gasteiger partial charge on any atom is -0.426 e. The molecule has 1 aliphatic rings. The number of carbonyl (C=O) groups excluding carboxylic acids is 2. The first kappa shape index (κ1) is 20.1. The van der Waals surface area contributed by atoms with Gasteiger partial charge in [0.25, 0.3) is 5.91 Å². The van der Waals surface area contributed by atoms with Gasteiger partial charge in [-0.05, 0) is 51.5 Å². The first-order chi connectivity index (χ1) is 13.5. The number of ether oxygens (including phenoxy) is 2. The van der Waals surface area contributed by atoms with E-state index in [-0.39, 0.29) is 23.9 Å². The van der Waals surface area contributed by atoms with Gasteiger partial charge >= 0.3 is 5.97 Å². The van der Waals surface area contributed by atoms with Crippen LogP contribution in [-0.2, 0) is 16.6 Å². The van der Waals surface area contributed by atoms with Crippen LogP contribution >= 0.6 is 0 Å². The zero-order chi connectivity index (χ0) is 20.3. The van der Waals surface area contributed by atoms with Gasteiger partial charge in [-0.3, -0.25) is 14.3 Å². The van der Waals surface area contributed by atoms with Crippen molar-refractivity contribution in [2.75, 3.05) is 19.7 Å². The molecule has 0 spiro atoms. The van der Waals surface area contributed by atoms with Crippen LogP contribution in [0.1, 0.15) is 48.0 Å². The Hall–Kier alpha value is -2.67. The van der Waals surface area contributed by atoms with E-state index in [0.29, 0.717) is 37.4 Å². The lowest BCUT2D eigenvalue weighted by Gasteiger charge is -2.19. The van der Waals surface area contributed by atoms with Gasteiger partial charge in [0, 0.05) is 43.6 Å². The van der Waals surface area contributed by atoms with Crippen LogP contribution in [0.4, 0.5) is 0 Å². The molecule has 1 saturated heterocycles. The van der Waals surface area contributed by atoms with Crippen molar-refractivity contribution >= 4 is 11.9 Å². The predicted octanol–water partition coefficient (Wildman–Crippen LogP) is 2.89. The minimum atomic E-state index is -0.375. The fraction of sp³-hybridized carbons (Fsp3) is 0.476. The number of nitrogens with zero attached hydrogens (tertiary/aromatic N) is 3. The SMILES string of the molecule is CCN(CC)C(=O)c1ccc(OC(=O)[C@H]2CCO[C@@H]2c2cnn(C)c2C)cc1. The maximum absolute atomic E-state index is 12.7. The molecule has 1 amide bonds. The van der Waals surface area contributed by atoms with Crippen LogP contribution in [0.3, 0.4) is 0 Å². The van der Waals surface area contributed by atoms with Crippen LogP contribution < -0.4 is 4.74 Å². The predicted molar refractivity (Wildman–Crippen MR) is 104 cm³/mol. The first-order valence-corrected chi connectivity index (χ1v) is 9.67. The van der Waals surface area contributed by atoms with Crippen LogP contribution in [0.25, 0.3) is 0 Å². The van der Waals surface area contributed by atoms with Gasteiger partial charge in [0.15, 0.2) is 0 Å². The lowest BCUT2D eigenvalue weighted by molar-refractivity contribution is -0.140. The Morgan fingerprint density at radius 2 is 1.93 bits per heavy atom. The molecule has 3 rings (SSSR count). The maximum Gasteiger partial charge on any atom is 0.317 e. The number of aromatic nitrogens is 2. The second-order valence-electron chi connectivity index (χ2n) is 6.92. The second kappa shape index (κ2) is 8.56. The molecule has 28 heavy (non-hydrogen) atoms. The highest BCUT2D eigenvalue weighted by Crippen LogP contribution is 2.36. The van der Waals surface area contributed by atoms with Gasteiger partial charge in [0.2, 0.25) is 0 Å². The van der Waals surface area contributed by atoms with Gasteiger partial charge in [-0.1, -0.05) is 0 Å². The maximum atomic E-state index is 12.7. The Morgan fingerprint density at radius 1 is 1.25 bits per heavy atom. The van der Waals surface area contributed by atoms with E-state index in [1.165, 1.54) is 0 Å². The third kappa shape index (κ3) is 3.94. The lowest BCUT2D eigenvalue weighted by atomic mass is 9.96. The smallest absolute Gasteiger partial charge is 0.317 e. The summed E-state index contributed by atoms with van der Waals surface area (Å²) in [6, 6.07) is 6.71. The number of benzene rings is 1. The summed E-state index contributed by atoms with van der Waals surface area (Å²) in [6.07, 6.45) is 2.01. The third-order valence-corrected chi connectivity index (χ3v) is 5.34. The molecular formula is C21H27N3O4. The van der Waals surface area contributed by atoms with E-state index in [1.807, 2.05) is 27.8 Å². The number of amides is 1. The summed E-state index contributed by atoms with van der Waals surface area (Å²) >= 11 is 0. The number of hydrogen-bond donors (Lipinski definition) is 0. The Bertz CT molecular complexity index is 840. The average molecular weight is 385 g/mol. The summed E-state index contributed by atoms with van der Waals surface area (Å²) in [6.45, 7) is 7.67. The molecule has 0 N–H and O–H groups in total. The Morgan fingerprint density at radius 3 is 2.50 bits per heavy atom. The summed E-state index contributed by atoms with van der Waals surface area (Å²) in [5.41, 5.74) is 2.47. The lowest BCUT2D eigenvalue weighted by Crippen LogP contribution is -2.30. The standard InChI is InChI=1S/C21H27N3O4/c1-5-24(6-2)20(25)15-7-9-16(10-8-15)28-21(26)17-11-12-27-19(17)18-13-22-23(4)14(18)3/h7-10,13,17,19H,5-6,11-12H2,1-4H3/t17-,19-/m0/s1. The van der Waals surface area contributed by atoms with Crippen molar-refractivity contribution in [1.29, 1.82) is 0 Å². The summed E-state index contributed by atoms with van der Waals surface area (Å²) < 4.78 is 13.1. The average Bonchev–Trinajstić information content (AvgIpc) is 3.30. The van der Waals surface area contributed by atoms with Gasteiger partial charge in [-0.15, -0.1) is 0 Å². The molecule has 2 aromatic rings. The van der Waals surface area contributed by atoms with Crippen LogP contribution in [-0.4, -0.2) is 46.3 Å². The summed E-state index contributed by atoms with van der Waals surface area (Å²) in [5, 5.41) is 4.24. The molecule has 150 valence electrons. The van der Waals surface area contributed by atoms with Gasteiger partial charge in [-0.25, -0.2) is 0 Å². The van der Waals surface area contributed by atoms with Gasteiger partial charge < -0.3 is 14.4 Å². The van der Waals surface area contributed by atoms with Gasteiger partial charge in [-0.2, -0.15) is 5.10 Å². The van der Waals surface area contributed by atoms with Crippen LogP contribution in [0.5, 0.6) is 5.75 Å². The molecule has 0 aliphatic carbocycles. The number of aryl methyl sites for hydroxylation is 1. The molecule has 2 heterocycles. The quantitative estimate of drug-likeness (QED) is 0.565. The normalized spacial score (nSPS) is 18.9. The molecular weight excluding hydrogens is 358 g/mol. The molecule has 0 saturated carbocycles. The molecule has 1 aromatic heterocycles. The molecule has 2 atom stereocenters. The highest BCUT2D eigenvalue weighted by molar-refractivity contribution is 5.94. The van der Waals surface area contributed by atoms with Crippen molar-refractivity contribution in [2.24, 2.45) is 13.0 Å². The highest BCUT2D eigenvalue weighted by atomic mass is 16.5. The molecule has 1 aromatic carbocycles. The molecule has 0 unspecified atom stereocenters. The number of carbonyl (C=O) groups is 2. The van der Waals surface area contributed by atoms with Crippen molar-refractivity contribution in [3.05, 3.63) is 47.3 Å². The van der Waals surface area contributed by atoms with Crippen molar-refractivity contribution in [2.45, 2.75) is 33.3 Å². The Balaban J connectivity index is 1.69. The summed E-state index contributed by atoms with van der Waals surface area (Å²) in [7, 11) is 1.86. The van der Waals surface area contributed by atoms with E-state index in [9.17, 15) is 9.59 Å². The molecule has 7 heteroatoms. The highest BCUT2D eigenvalue weighted by Gasteiger charge is 2.38. The second-order valence-corrected chi connectivity index (χ2v) is 6.92. The molecule has 1 fully saturated rings. The Kier molecular flexibility index (Phi) is 6.14. The fourth-order valence-corrected chi connectivity index (χ4v) is 3.48. The zero-order valence-corrected chi connectivity index (χ0v) is 16.8. The van der Waals surface area contributed by atoms with Crippen LogP contribution in [0, 0.1) is 12.8 Å². The van der Waals surface area contributed by atoms with E-state index in [2.05, 4.69) is 5.10 Å². The largest absolute Gasteiger partial charge is 0.426 e. The number of esters is 1. The zero-order valence-electron chi connectivity index (χ0n) is 16.8. The molecule has 1 aliphatic heterocycles. The van der Waals surface area contributed by atoms with Crippen molar-refractivity contribution < 1.29 is 19.1 Å². The summed E-state index contributed by atoms with van der Waals surface area (Å²) in [5.74, 6) is -0.303. The van der Waals surface area contributed by atoms with E-state index >= 15 is 0 Å². The molecule has 7 nitrogen and oxygen atoms in total. The van der Waals surface area contributed by atoms with Crippen molar-refractivity contribution in [3.63, 3.8) is 0 Å². The molecule has 0 radical (unpaired) electrons. The topological polar surface area (TPSA) is 73.7 Å². The monoisotopic (exact) mass is 385 g/mol. The van der Waals surface area contributed by atoms with E-state index in [0.717, 1.165) is 11.3 Å². The first-order valence-electron chi connectivity index (χ1n) is 9.67. The third-order valence-electron chi connectivity index (χ3n) is 5.34. The number of rotatable bonds is 6. The number of hydrogen-bond acceptors (Lipinski definition) is 5. The van der Waals surface area contributed by atoms with Crippen LogP contribution in [0.15, 0.2) is 30.5 Å². The van der Waals surface area contributed by atoms with Crippen LogP contribution in [0.2, 0.25) is 0 Å². The fourth-order valence-electron chi connectivity index (χ4n) is 3.48.